The molecule has 1 aliphatic rings. The normalized spacial score (nSPS) is 14.0. The van der Waals surface area contributed by atoms with Gasteiger partial charge in [0.15, 0.2) is 0 Å². The Kier molecular flexibility index (Phi) is 5.70. The van der Waals surface area contributed by atoms with E-state index < -0.39 is 0 Å². The minimum atomic E-state index is -0.140. The molecule has 1 amide bonds. The van der Waals surface area contributed by atoms with Gasteiger partial charge in [0.2, 0.25) is 0 Å². The molecule has 2 aromatic heterocycles. The van der Waals surface area contributed by atoms with E-state index in [4.69, 9.17) is 0 Å². The fourth-order valence-corrected chi connectivity index (χ4v) is 3.50. The Morgan fingerprint density at radius 1 is 0.966 bits per heavy atom. The lowest BCUT2D eigenvalue weighted by Crippen LogP contribution is -2.46. The first kappa shape index (κ1) is 18.9. The molecule has 29 heavy (non-hydrogen) atoms. The number of anilines is 2. The zero-order valence-electron chi connectivity index (χ0n) is 16.6. The van der Waals surface area contributed by atoms with E-state index in [9.17, 15) is 4.79 Å². The molecule has 3 heterocycles. The van der Waals surface area contributed by atoms with Crippen molar-refractivity contribution in [3.05, 3.63) is 83.8 Å². The predicted octanol–water partition coefficient (Wildman–Crippen LogP) is 3.04. The first-order chi connectivity index (χ1) is 14.2. The lowest BCUT2D eigenvalue weighted by atomic mass is 10.2. The molecule has 0 unspecified atom stereocenters. The summed E-state index contributed by atoms with van der Waals surface area (Å²) in [6, 6.07) is 18.0. The Labute approximate surface area is 171 Å². The van der Waals surface area contributed by atoms with Crippen LogP contribution in [0.25, 0.3) is 0 Å². The molecule has 1 aromatic carbocycles. The number of hydrogen-bond acceptors (Lipinski definition) is 5. The highest BCUT2D eigenvalue weighted by Crippen LogP contribution is 2.20. The molecule has 0 aliphatic carbocycles. The van der Waals surface area contributed by atoms with Crippen LogP contribution in [-0.2, 0) is 6.54 Å². The minimum Gasteiger partial charge on any atom is -0.368 e. The van der Waals surface area contributed by atoms with Crippen LogP contribution in [0.1, 0.15) is 21.6 Å². The van der Waals surface area contributed by atoms with Gasteiger partial charge in [-0.1, -0.05) is 18.2 Å². The van der Waals surface area contributed by atoms with Gasteiger partial charge in [-0.15, -0.1) is 0 Å². The number of aromatic nitrogens is 2. The lowest BCUT2D eigenvalue weighted by molar-refractivity contribution is 0.0950. The molecule has 4 rings (SSSR count). The Balaban J connectivity index is 1.32. The molecule has 3 aromatic rings. The van der Waals surface area contributed by atoms with Gasteiger partial charge in [-0.3, -0.25) is 9.78 Å². The molecule has 1 aliphatic heterocycles. The van der Waals surface area contributed by atoms with E-state index in [0.29, 0.717) is 12.1 Å². The number of nitrogens with one attached hydrogen (secondary N) is 1. The van der Waals surface area contributed by atoms with E-state index in [-0.39, 0.29) is 5.91 Å². The summed E-state index contributed by atoms with van der Waals surface area (Å²) in [6.07, 6.45) is 3.37. The summed E-state index contributed by atoms with van der Waals surface area (Å²) in [5, 5.41) is 2.88. The fourth-order valence-electron chi connectivity index (χ4n) is 3.50. The first-order valence-corrected chi connectivity index (χ1v) is 9.90. The Hall–Kier alpha value is -3.41. The maximum Gasteiger partial charge on any atom is 0.253 e. The third kappa shape index (κ3) is 4.71. The number of aryl methyl sites for hydroxylation is 1. The van der Waals surface area contributed by atoms with E-state index in [1.165, 1.54) is 11.3 Å². The molecule has 1 saturated heterocycles. The smallest absolute Gasteiger partial charge is 0.253 e. The molecule has 0 spiro atoms. The van der Waals surface area contributed by atoms with Crippen LogP contribution < -0.4 is 15.1 Å². The van der Waals surface area contributed by atoms with Crippen molar-refractivity contribution in [2.45, 2.75) is 13.5 Å². The topological polar surface area (TPSA) is 61.4 Å². The largest absolute Gasteiger partial charge is 0.368 e. The summed E-state index contributed by atoms with van der Waals surface area (Å²) in [6.45, 7) is 6.26. The summed E-state index contributed by atoms with van der Waals surface area (Å²) in [5.74, 6) is 0.772. The second kappa shape index (κ2) is 8.73. The van der Waals surface area contributed by atoms with Crippen LogP contribution in [-0.4, -0.2) is 42.1 Å². The standard InChI is InChI=1S/C23H25N5O/c1-18-5-4-7-21(15-18)27-11-13-28(14-12-27)22-9-8-19(16-25-22)23(29)26-17-20-6-2-3-10-24-20/h2-10,15-16H,11-14,17H2,1H3,(H,26,29). The molecular formula is C23H25N5O. The van der Waals surface area contributed by atoms with Gasteiger partial charge < -0.3 is 15.1 Å². The third-order valence-electron chi connectivity index (χ3n) is 5.14. The predicted molar refractivity (Wildman–Crippen MR) is 115 cm³/mol. The summed E-state index contributed by atoms with van der Waals surface area (Å²) in [5.41, 5.74) is 3.95. The third-order valence-corrected chi connectivity index (χ3v) is 5.14. The number of hydrogen-bond donors (Lipinski definition) is 1. The number of nitrogens with zero attached hydrogens (tertiary/aromatic N) is 4. The number of amides is 1. The second-order valence-corrected chi connectivity index (χ2v) is 7.22. The zero-order chi connectivity index (χ0) is 20.1. The van der Waals surface area contributed by atoms with Crippen LogP contribution >= 0.6 is 0 Å². The van der Waals surface area contributed by atoms with Crippen molar-refractivity contribution in [3.63, 3.8) is 0 Å². The number of pyridine rings is 2. The quantitative estimate of drug-likeness (QED) is 0.729. The van der Waals surface area contributed by atoms with Crippen LogP contribution in [0.3, 0.4) is 0 Å². The minimum absolute atomic E-state index is 0.140. The van der Waals surface area contributed by atoms with Crippen molar-refractivity contribution in [1.82, 2.24) is 15.3 Å². The SMILES string of the molecule is Cc1cccc(N2CCN(c3ccc(C(=O)NCc4ccccn4)cn3)CC2)c1. The van der Waals surface area contributed by atoms with Gasteiger partial charge in [0.1, 0.15) is 5.82 Å². The van der Waals surface area contributed by atoms with E-state index in [1.54, 1.807) is 12.4 Å². The summed E-state index contributed by atoms with van der Waals surface area (Å²) < 4.78 is 0. The van der Waals surface area contributed by atoms with Crippen molar-refractivity contribution in [2.24, 2.45) is 0 Å². The lowest BCUT2D eigenvalue weighted by Gasteiger charge is -2.36. The van der Waals surface area contributed by atoms with Crippen molar-refractivity contribution < 1.29 is 4.79 Å². The maximum atomic E-state index is 12.3. The van der Waals surface area contributed by atoms with Gasteiger partial charge in [0, 0.05) is 44.3 Å². The number of benzene rings is 1. The van der Waals surface area contributed by atoms with Gasteiger partial charge in [0.25, 0.3) is 5.91 Å². The van der Waals surface area contributed by atoms with Gasteiger partial charge >= 0.3 is 0 Å². The molecule has 148 valence electrons. The van der Waals surface area contributed by atoms with Crippen molar-refractivity contribution in [3.8, 4) is 0 Å². The number of rotatable bonds is 5. The van der Waals surface area contributed by atoms with Crippen LogP contribution in [0.2, 0.25) is 0 Å². The van der Waals surface area contributed by atoms with E-state index in [1.807, 2.05) is 30.3 Å². The molecule has 1 fully saturated rings. The molecule has 0 bridgehead atoms. The maximum absolute atomic E-state index is 12.3. The molecule has 1 N–H and O–H groups in total. The Morgan fingerprint density at radius 3 is 2.48 bits per heavy atom. The number of piperazine rings is 1. The molecule has 0 saturated carbocycles. The Bertz CT molecular complexity index is 951. The van der Waals surface area contributed by atoms with Gasteiger partial charge in [-0.25, -0.2) is 4.98 Å². The average Bonchev–Trinajstić information content (AvgIpc) is 2.78. The highest BCUT2D eigenvalue weighted by molar-refractivity contribution is 5.94. The number of carbonyl (C=O) groups is 1. The average molecular weight is 387 g/mol. The fraction of sp³-hybridized carbons (Fsp3) is 0.261. The number of carbonyl (C=O) groups excluding carboxylic acids is 1. The summed E-state index contributed by atoms with van der Waals surface area (Å²) >= 11 is 0. The van der Waals surface area contributed by atoms with Crippen molar-refractivity contribution in [2.75, 3.05) is 36.0 Å². The Morgan fingerprint density at radius 2 is 1.79 bits per heavy atom. The highest BCUT2D eigenvalue weighted by Gasteiger charge is 2.18. The summed E-state index contributed by atoms with van der Waals surface area (Å²) in [4.78, 5) is 25.7. The van der Waals surface area contributed by atoms with E-state index in [0.717, 1.165) is 37.7 Å². The van der Waals surface area contributed by atoms with Gasteiger partial charge in [-0.2, -0.15) is 0 Å². The molecule has 6 nitrogen and oxygen atoms in total. The zero-order valence-corrected chi connectivity index (χ0v) is 16.6. The van der Waals surface area contributed by atoms with Crippen molar-refractivity contribution in [1.29, 1.82) is 0 Å². The highest BCUT2D eigenvalue weighted by atomic mass is 16.1. The summed E-state index contributed by atoms with van der Waals surface area (Å²) in [7, 11) is 0. The molecule has 0 atom stereocenters. The van der Waals surface area contributed by atoms with Gasteiger partial charge in [-0.05, 0) is 48.9 Å². The van der Waals surface area contributed by atoms with Crippen LogP contribution in [0, 0.1) is 6.92 Å². The first-order valence-electron chi connectivity index (χ1n) is 9.90. The second-order valence-electron chi connectivity index (χ2n) is 7.22. The van der Waals surface area contributed by atoms with E-state index >= 15 is 0 Å². The van der Waals surface area contributed by atoms with Crippen LogP contribution in [0.5, 0.6) is 0 Å². The monoisotopic (exact) mass is 387 g/mol. The van der Waals surface area contributed by atoms with E-state index in [2.05, 4.69) is 56.3 Å². The molecular weight excluding hydrogens is 362 g/mol. The van der Waals surface area contributed by atoms with Crippen LogP contribution in [0.4, 0.5) is 11.5 Å². The van der Waals surface area contributed by atoms with Gasteiger partial charge in [0.05, 0.1) is 17.8 Å². The van der Waals surface area contributed by atoms with Crippen molar-refractivity contribution >= 4 is 17.4 Å². The van der Waals surface area contributed by atoms with Crippen LogP contribution in [0.15, 0.2) is 67.0 Å². The molecule has 0 radical (unpaired) electrons. The molecule has 6 heteroatoms.